The Hall–Kier alpha value is -3.52. The minimum absolute atomic E-state index is 0.231. The number of anilines is 1. The van der Waals surface area contributed by atoms with Crippen molar-refractivity contribution in [2.45, 2.75) is 20.5 Å². The Balaban J connectivity index is 1.46. The maximum absolute atomic E-state index is 13.0. The molecular formula is C29H26INO4. The highest BCUT2D eigenvalue weighted by molar-refractivity contribution is 14.1. The van der Waals surface area contributed by atoms with E-state index in [1.807, 2.05) is 92.7 Å². The van der Waals surface area contributed by atoms with Gasteiger partial charge in [0.25, 0.3) is 5.91 Å². The Morgan fingerprint density at radius 1 is 0.857 bits per heavy atom. The summed E-state index contributed by atoms with van der Waals surface area (Å²) in [5, 5.41) is 2.94. The number of ether oxygens (including phenoxy) is 3. The van der Waals surface area contributed by atoms with E-state index in [9.17, 15) is 4.79 Å². The van der Waals surface area contributed by atoms with Gasteiger partial charge in [-0.2, -0.15) is 0 Å². The van der Waals surface area contributed by atoms with E-state index in [0.717, 1.165) is 20.4 Å². The van der Waals surface area contributed by atoms with Crippen LogP contribution in [-0.4, -0.2) is 12.5 Å². The zero-order valence-corrected chi connectivity index (χ0v) is 21.7. The number of rotatable bonds is 9. The molecule has 4 rings (SSSR count). The number of hydrogen-bond donors (Lipinski definition) is 1. The van der Waals surface area contributed by atoms with E-state index in [4.69, 9.17) is 14.2 Å². The lowest BCUT2D eigenvalue weighted by molar-refractivity contribution is 0.102. The molecule has 0 bridgehead atoms. The minimum Gasteiger partial charge on any atom is -0.490 e. The molecule has 0 saturated heterocycles. The van der Waals surface area contributed by atoms with Crippen molar-refractivity contribution >= 4 is 34.2 Å². The molecular weight excluding hydrogens is 553 g/mol. The van der Waals surface area contributed by atoms with Gasteiger partial charge in [0, 0.05) is 11.3 Å². The van der Waals surface area contributed by atoms with Crippen LogP contribution < -0.4 is 19.5 Å². The van der Waals surface area contributed by atoms with Crippen LogP contribution in [0, 0.1) is 10.5 Å². The summed E-state index contributed by atoms with van der Waals surface area (Å²) in [6.07, 6.45) is 0. The average molecular weight is 579 g/mol. The third kappa shape index (κ3) is 6.54. The fourth-order valence-corrected chi connectivity index (χ4v) is 4.20. The number of halogens is 1. The fraction of sp³-hybridized carbons (Fsp3) is 0.138. The van der Waals surface area contributed by atoms with Gasteiger partial charge in [0.1, 0.15) is 18.1 Å². The number of amides is 1. The van der Waals surface area contributed by atoms with Gasteiger partial charge >= 0.3 is 0 Å². The molecule has 0 fully saturated rings. The third-order valence-electron chi connectivity index (χ3n) is 5.23. The first kappa shape index (κ1) is 24.6. The molecule has 0 atom stereocenters. The fourth-order valence-electron chi connectivity index (χ4n) is 3.44. The van der Waals surface area contributed by atoms with Crippen molar-refractivity contribution in [3.05, 3.63) is 111 Å². The maximum atomic E-state index is 13.0. The monoisotopic (exact) mass is 579 g/mol. The first-order valence-corrected chi connectivity index (χ1v) is 12.4. The van der Waals surface area contributed by atoms with Crippen LogP contribution in [-0.2, 0) is 6.61 Å². The number of nitrogens with one attached hydrogen (secondary N) is 1. The molecule has 4 aromatic rings. The lowest BCUT2D eigenvalue weighted by atomic mass is 10.1. The third-order valence-corrected chi connectivity index (χ3v) is 6.03. The number of aryl methyl sites for hydroxylation is 1. The number of para-hydroxylation sites is 1. The van der Waals surface area contributed by atoms with E-state index in [1.165, 1.54) is 0 Å². The van der Waals surface area contributed by atoms with Gasteiger partial charge in [0.15, 0.2) is 11.5 Å². The summed E-state index contributed by atoms with van der Waals surface area (Å²) in [5.41, 5.74) is 3.28. The Morgan fingerprint density at radius 3 is 2.29 bits per heavy atom. The summed E-state index contributed by atoms with van der Waals surface area (Å²) in [6.45, 7) is 4.78. The van der Waals surface area contributed by atoms with Crippen molar-refractivity contribution < 1.29 is 19.0 Å². The lowest BCUT2D eigenvalue weighted by Crippen LogP contribution is -2.13. The Kier molecular flexibility index (Phi) is 8.26. The Labute approximate surface area is 219 Å². The van der Waals surface area contributed by atoms with Gasteiger partial charge in [-0.15, -0.1) is 0 Å². The predicted octanol–water partition coefficient (Wildman–Crippen LogP) is 7.62. The highest BCUT2D eigenvalue weighted by Crippen LogP contribution is 2.35. The van der Waals surface area contributed by atoms with Gasteiger partial charge in [0.2, 0.25) is 0 Å². The van der Waals surface area contributed by atoms with Crippen molar-refractivity contribution in [3.63, 3.8) is 0 Å². The van der Waals surface area contributed by atoms with Crippen LogP contribution in [0.25, 0.3) is 0 Å². The van der Waals surface area contributed by atoms with Crippen LogP contribution >= 0.6 is 22.6 Å². The lowest BCUT2D eigenvalue weighted by Gasteiger charge is -2.16. The largest absolute Gasteiger partial charge is 0.490 e. The SMILES string of the molecule is CCOc1cc(C(=O)Nc2ccc(Oc3ccccc3C)cc2)cc(I)c1OCc1ccccc1. The molecule has 0 aromatic heterocycles. The van der Waals surface area contributed by atoms with Crippen molar-refractivity contribution in [1.82, 2.24) is 0 Å². The highest BCUT2D eigenvalue weighted by Gasteiger charge is 2.17. The smallest absolute Gasteiger partial charge is 0.255 e. The van der Waals surface area contributed by atoms with Crippen LogP contribution in [0.15, 0.2) is 91.0 Å². The normalized spacial score (nSPS) is 10.5. The molecule has 178 valence electrons. The van der Waals surface area contributed by atoms with Crippen molar-refractivity contribution in [2.75, 3.05) is 11.9 Å². The quantitative estimate of drug-likeness (QED) is 0.207. The molecule has 0 radical (unpaired) electrons. The highest BCUT2D eigenvalue weighted by atomic mass is 127. The molecule has 0 aliphatic carbocycles. The molecule has 0 aliphatic rings. The van der Waals surface area contributed by atoms with Crippen LogP contribution in [0.3, 0.4) is 0 Å². The van der Waals surface area contributed by atoms with Gasteiger partial charge in [-0.1, -0.05) is 48.5 Å². The number of carbonyl (C=O) groups is 1. The first-order valence-electron chi connectivity index (χ1n) is 11.3. The van der Waals surface area contributed by atoms with Gasteiger partial charge in [0.05, 0.1) is 10.2 Å². The molecule has 6 heteroatoms. The molecule has 4 aromatic carbocycles. The zero-order chi connectivity index (χ0) is 24.6. The molecule has 1 N–H and O–H groups in total. The van der Waals surface area contributed by atoms with Crippen LogP contribution in [0.5, 0.6) is 23.0 Å². The number of benzene rings is 4. The van der Waals surface area contributed by atoms with Gasteiger partial charge in [-0.25, -0.2) is 0 Å². The van der Waals surface area contributed by atoms with E-state index in [1.54, 1.807) is 12.1 Å². The van der Waals surface area contributed by atoms with Crippen molar-refractivity contribution in [2.24, 2.45) is 0 Å². The molecule has 0 aliphatic heterocycles. The summed E-state index contributed by atoms with van der Waals surface area (Å²) in [5.74, 6) is 2.45. The maximum Gasteiger partial charge on any atom is 0.255 e. The molecule has 5 nitrogen and oxygen atoms in total. The van der Waals surface area contributed by atoms with E-state index >= 15 is 0 Å². The topological polar surface area (TPSA) is 56.8 Å². The molecule has 0 heterocycles. The van der Waals surface area contributed by atoms with Crippen LogP contribution in [0.4, 0.5) is 5.69 Å². The van der Waals surface area contributed by atoms with Crippen LogP contribution in [0.1, 0.15) is 28.4 Å². The van der Waals surface area contributed by atoms with E-state index in [-0.39, 0.29) is 5.91 Å². The van der Waals surface area contributed by atoms with E-state index in [2.05, 4.69) is 27.9 Å². The standard InChI is InChI=1S/C29H26INO4/c1-3-33-27-18-22(17-25(30)28(27)34-19-21-10-5-4-6-11-21)29(32)31-23-13-15-24(16-14-23)35-26-12-8-7-9-20(26)2/h4-18H,3,19H2,1-2H3,(H,31,32). The molecule has 35 heavy (non-hydrogen) atoms. The summed E-state index contributed by atoms with van der Waals surface area (Å²) in [7, 11) is 0. The van der Waals surface area contributed by atoms with E-state index < -0.39 is 0 Å². The summed E-state index contributed by atoms with van der Waals surface area (Å²) in [6, 6.07) is 28.6. The van der Waals surface area contributed by atoms with E-state index in [0.29, 0.717) is 41.7 Å². The number of carbonyl (C=O) groups excluding carboxylic acids is 1. The number of hydrogen-bond acceptors (Lipinski definition) is 4. The predicted molar refractivity (Wildman–Crippen MR) is 147 cm³/mol. The minimum atomic E-state index is -0.231. The van der Waals surface area contributed by atoms with Crippen molar-refractivity contribution in [3.8, 4) is 23.0 Å². The van der Waals surface area contributed by atoms with Crippen molar-refractivity contribution in [1.29, 1.82) is 0 Å². The zero-order valence-electron chi connectivity index (χ0n) is 19.6. The van der Waals surface area contributed by atoms with Gasteiger partial charge < -0.3 is 19.5 Å². The van der Waals surface area contributed by atoms with Gasteiger partial charge in [-0.05, 0) is 90.0 Å². The molecule has 0 spiro atoms. The Morgan fingerprint density at radius 2 is 1.57 bits per heavy atom. The van der Waals surface area contributed by atoms with Gasteiger partial charge in [-0.3, -0.25) is 4.79 Å². The second kappa shape index (κ2) is 11.8. The van der Waals surface area contributed by atoms with Crippen LogP contribution in [0.2, 0.25) is 0 Å². The first-order chi connectivity index (χ1) is 17.0. The molecule has 0 saturated carbocycles. The molecule has 1 amide bonds. The summed E-state index contributed by atoms with van der Waals surface area (Å²) >= 11 is 2.17. The summed E-state index contributed by atoms with van der Waals surface area (Å²) in [4.78, 5) is 13.0. The Bertz CT molecular complexity index is 1290. The summed E-state index contributed by atoms with van der Waals surface area (Å²) < 4.78 is 18.6. The molecule has 0 unspecified atom stereocenters. The second-order valence-electron chi connectivity index (χ2n) is 7.84. The average Bonchev–Trinajstić information content (AvgIpc) is 2.87. The second-order valence-corrected chi connectivity index (χ2v) is 9.00.